The van der Waals surface area contributed by atoms with Crippen LogP contribution in [0.2, 0.25) is 0 Å². The lowest BCUT2D eigenvalue weighted by molar-refractivity contribution is 0.206. The molecular weight excluding hydrogens is 301 g/mol. The average Bonchev–Trinajstić information content (AvgIpc) is 3.02. The molecule has 0 aliphatic heterocycles. The van der Waals surface area contributed by atoms with Gasteiger partial charge in [0.05, 0.1) is 5.01 Å². The summed E-state index contributed by atoms with van der Waals surface area (Å²) in [5, 5.41) is 5.74. The van der Waals surface area contributed by atoms with Crippen molar-refractivity contribution >= 4 is 17.4 Å². The van der Waals surface area contributed by atoms with E-state index in [0.717, 1.165) is 10.6 Å². The molecule has 0 saturated carbocycles. The number of thiazole rings is 1. The zero-order valence-corrected chi connectivity index (χ0v) is 13.8. The zero-order chi connectivity index (χ0) is 16.1. The molecule has 2 rings (SSSR count). The smallest absolute Gasteiger partial charge is 0.317 e. The maximum absolute atomic E-state index is 13.5. The van der Waals surface area contributed by atoms with Crippen LogP contribution in [0.3, 0.4) is 0 Å². The van der Waals surface area contributed by atoms with E-state index >= 15 is 0 Å². The third-order valence-corrected chi connectivity index (χ3v) is 4.45. The number of benzene rings is 1. The Balaban J connectivity index is 1.84. The van der Waals surface area contributed by atoms with Gasteiger partial charge in [-0.3, -0.25) is 0 Å². The molecule has 0 fully saturated rings. The number of aryl methyl sites for hydroxylation is 1. The van der Waals surface area contributed by atoms with E-state index in [0.29, 0.717) is 18.7 Å². The molecule has 2 amide bonds. The number of halogens is 1. The minimum atomic E-state index is -0.252. The van der Waals surface area contributed by atoms with Gasteiger partial charge in [-0.2, -0.15) is 0 Å². The summed E-state index contributed by atoms with van der Waals surface area (Å²) in [6.45, 7) is 4.65. The van der Waals surface area contributed by atoms with Gasteiger partial charge in [-0.15, -0.1) is 11.3 Å². The number of hydrogen-bond donors (Lipinski definition) is 1. The van der Waals surface area contributed by atoms with Gasteiger partial charge in [-0.05, 0) is 24.1 Å². The molecule has 0 saturated heterocycles. The number of aromatic nitrogens is 1. The van der Waals surface area contributed by atoms with E-state index in [1.165, 1.54) is 6.07 Å². The van der Waals surface area contributed by atoms with Gasteiger partial charge in [-0.1, -0.05) is 19.1 Å². The molecule has 6 heteroatoms. The molecule has 1 aromatic carbocycles. The molecule has 118 valence electrons. The normalized spacial score (nSPS) is 12.0. The Morgan fingerprint density at radius 1 is 1.50 bits per heavy atom. The maximum Gasteiger partial charge on any atom is 0.317 e. The Kier molecular flexibility index (Phi) is 5.49. The van der Waals surface area contributed by atoms with Gasteiger partial charge < -0.3 is 10.2 Å². The second kappa shape index (κ2) is 7.35. The number of nitrogens with zero attached hydrogens (tertiary/aromatic N) is 2. The van der Waals surface area contributed by atoms with E-state index in [1.807, 2.05) is 18.4 Å². The van der Waals surface area contributed by atoms with Gasteiger partial charge in [-0.25, -0.2) is 14.2 Å². The van der Waals surface area contributed by atoms with Gasteiger partial charge in [0.25, 0.3) is 0 Å². The first-order chi connectivity index (χ1) is 10.5. The molecule has 22 heavy (non-hydrogen) atoms. The van der Waals surface area contributed by atoms with Crippen LogP contribution >= 0.6 is 11.3 Å². The first-order valence-electron chi connectivity index (χ1n) is 7.10. The van der Waals surface area contributed by atoms with Crippen LogP contribution in [0.25, 0.3) is 0 Å². The van der Waals surface area contributed by atoms with Gasteiger partial charge >= 0.3 is 6.03 Å². The van der Waals surface area contributed by atoms with Crippen molar-refractivity contribution in [2.75, 3.05) is 13.6 Å². The fourth-order valence-corrected chi connectivity index (χ4v) is 2.80. The van der Waals surface area contributed by atoms with Crippen LogP contribution in [0.5, 0.6) is 0 Å². The van der Waals surface area contributed by atoms with Crippen molar-refractivity contribution in [3.05, 3.63) is 51.7 Å². The van der Waals surface area contributed by atoms with Crippen LogP contribution < -0.4 is 5.32 Å². The number of amides is 2. The molecule has 1 unspecified atom stereocenters. The van der Waals surface area contributed by atoms with Crippen LogP contribution in [0.1, 0.15) is 29.0 Å². The molecular formula is C16H20FN3OS. The predicted octanol–water partition coefficient (Wildman–Crippen LogP) is 3.54. The van der Waals surface area contributed by atoms with Crippen molar-refractivity contribution in [1.82, 2.24) is 15.2 Å². The molecule has 1 N–H and O–H groups in total. The number of urea groups is 1. The van der Waals surface area contributed by atoms with E-state index < -0.39 is 0 Å². The Hall–Kier alpha value is -1.95. The number of hydrogen-bond acceptors (Lipinski definition) is 3. The summed E-state index contributed by atoms with van der Waals surface area (Å²) < 4.78 is 13.5. The summed E-state index contributed by atoms with van der Waals surface area (Å²) in [7, 11) is 1.75. The standard InChI is InChI=1S/C16H20FN3OS/c1-11-4-5-13(8-14(11)17)9-19-16(21)20(3)10-12(2)15-18-6-7-22-15/h4-8,12H,9-10H2,1-3H3,(H,19,21). The second-order valence-electron chi connectivity index (χ2n) is 5.39. The number of carbonyl (C=O) groups excluding carboxylic acids is 1. The number of likely N-dealkylation sites (N-methyl/N-ethyl adjacent to an activating group) is 1. The first kappa shape index (κ1) is 16.4. The molecule has 1 aromatic heterocycles. The fourth-order valence-electron chi connectivity index (χ4n) is 2.11. The van der Waals surface area contributed by atoms with E-state index in [-0.39, 0.29) is 17.8 Å². The van der Waals surface area contributed by atoms with Crippen molar-refractivity contribution in [1.29, 1.82) is 0 Å². The van der Waals surface area contributed by atoms with Crippen LogP contribution in [0.4, 0.5) is 9.18 Å². The quantitative estimate of drug-likeness (QED) is 0.915. The maximum atomic E-state index is 13.5. The third kappa shape index (κ3) is 4.27. The molecule has 0 aliphatic rings. The third-order valence-electron chi connectivity index (χ3n) is 3.45. The van der Waals surface area contributed by atoms with Crippen molar-refractivity contribution in [2.24, 2.45) is 0 Å². The number of carbonyl (C=O) groups is 1. The Bertz CT molecular complexity index is 630. The molecule has 1 heterocycles. The minimum absolute atomic E-state index is 0.176. The van der Waals surface area contributed by atoms with Crippen LogP contribution in [-0.4, -0.2) is 29.5 Å². The molecule has 0 bridgehead atoms. The number of nitrogens with one attached hydrogen (secondary N) is 1. The van der Waals surface area contributed by atoms with E-state index in [2.05, 4.69) is 10.3 Å². The summed E-state index contributed by atoms with van der Waals surface area (Å²) >= 11 is 1.59. The monoisotopic (exact) mass is 321 g/mol. The molecule has 1 atom stereocenters. The number of rotatable bonds is 5. The average molecular weight is 321 g/mol. The lowest BCUT2D eigenvalue weighted by Crippen LogP contribution is -2.38. The van der Waals surface area contributed by atoms with Crippen molar-refractivity contribution in [3.63, 3.8) is 0 Å². The van der Waals surface area contributed by atoms with Gasteiger partial charge in [0, 0.05) is 37.6 Å². The van der Waals surface area contributed by atoms with Crippen molar-refractivity contribution in [2.45, 2.75) is 26.3 Å². The Labute approximate surface area is 134 Å². The van der Waals surface area contributed by atoms with Gasteiger partial charge in [0.2, 0.25) is 0 Å². The predicted molar refractivity (Wildman–Crippen MR) is 86.5 cm³/mol. The van der Waals surface area contributed by atoms with Gasteiger partial charge in [0.1, 0.15) is 5.82 Å². The SMILES string of the molecule is Cc1ccc(CNC(=O)N(C)CC(C)c2nccs2)cc1F. The van der Waals surface area contributed by atoms with E-state index in [4.69, 9.17) is 0 Å². The molecule has 0 spiro atoms. The highest BCUT2D eigenvalue weighted by atomic mass is 32.1. The largest absolute Gasteiger partial charge is 0.334 e. The lowest BCUT2D eigenvalue weighted by atomic mass is 10.1. The molecule has 2 aromatic rings. The lowest BCUT2D eigenvalue weighted by Gasteiger charge is -2.21. The van der Waals surface area contributed by atoms with Crippen LogP contribution in [-0.2, 0) is 6.54 Å². The first-order valence-corrected chi connectivity index (χ1v) is 7.98. The minimum Gasteiger partial charge on any atom is -0.334 e. The highest BCUT2D eigenvalue weighted by Crippen LogP contribution is 2.18. The van der Waals surface area contributed by atoms with E-state index in [1.54, 1.807) is 42.5 Å². The van der Waals surface area contributed by atoms with Crippen molar-refractivity contribution in [3.8, 4) is 0 Å². The summed E-state index contributed by atoms with van der Waals surface area (Å²) in [6, 6.07) is 4.81. The Morgan fingerprint density at radius 3 is 2.91 bits per heavy atom. The molecule has 0 aliphatic carbocycles. The summed E-state index contributed by atoms with van der Waals surface area (Å²) in [6.07, 6.45) is 1.77. The van der Waals surface area contributed by atoms with E-state index in [9.17, 15) is 9.18 Å². The molecule has 4 nitrogen and oxygen atoms in total. The summed E-state index contributed by atoms with van der Waals surface area (Å²) in [4.78, 5) is 18.0. The zero-order valence-electron chi connectivity index (χ0n) is 13.0. The summed E-state index contributed by atoms with van der Waals surface area (Å²) in [5.41, 5.74) is 1.35. The van der Waals surface area contributed by atoms with Crippen molar-refractivity contribution < 1.29 is 9.18 Å². The Morgan fingerprint density at radius 2 is 2.27 bits per heavy atom. The highest BCUT2D eigenvalue weighted by molar-refractivity contribution is 7.09. The topological polar surface area (TPSA) is 45.2 Å². The summed E-state index contributed by atoms with van der Waals surface area (Å²) in [5.74, 6) is -0.0648. The van der Waals surface area contributed by atoms with Gasteiger partial charge in [0.15, 0.2) is 0 Å². The molecule has 0 radical (unpaired) electrons. The van der Waals surface area contributed by atoms with Crippen LogP contribution in [0, 0.1) is 12.7 Å². The highest BCUT2D eigenvalue weighted by Gasteiger charge is 2.15. The van der Waals surface area contributed by atoms with Crippen LogP contribution in [0.15, 0.2) is 29.8 Å². The fraction of sp³-hybridized carbons (Fsp3) is 0.375. The second-order valence-corrected chi connectivity index (χ2v) is 6.32.